The highest BCUT2D eigenvalue weighted by Crippen LogP contribution is 2.21. The van der Waals surface area contributed by atoms with E-state index in [1.54, 1.807) is 42.5 Å². The van der Waals surface area contributed by atoms with E-state index in [-0.39, 0.29) is 5.56 Å². The Bertz CT molecular complexity index is 1210. The molecule has 9 heteroatoms. The quantitative estimate of drug-likeness (QED) is 0.434. The van der Waals surface area contributed by atoms with Crippen molar-refractivity contribution in [1.29, 1.82) is 0 Å². The van der Waals surface area contributed by atoms with Gasteiger partial charge in [-0.25, -0.2) is 9.18 Å². The molecule has 1 unspecified atom stereocenters. The predicted molar refractivity (Wildman–Crippen MR) is 135 cm³/mol. The van der Waals surface area contributed by atoms with Gasteiger partial charge in [0.15, 0.2) is 0 Å². The largest absolute Gasteiger partial charge is 0.358 e. The first-order valence-electron chi connectivity index (χ1n) is 10.6. The second-order valence-corrected chi connectivity index (χ2v) is 8.67. The van der Waals surface area contributed by atoms with Crippen molar-refractivity contribution in [1.82, 2.24) is 10.2 Å². The van der Waals surface area contributed by atoms with Crippen LogP contribution in [0.1, 0.15) is 17.2 Å². The highest BCUT2D eigenvalue weighted by molar-refractivity contribution is 9.10. The molecule has 34 heavy (non-hydrogen) atoms. The molecule has 0 aromatic heterocycles. The van der Waals surface area contributed by atoms with E-state index in [9.17, 15) is 14.0 Å². The number of anilines is 2. The van der Waals surface area contributed by atoms with E-state index in [0.29, 0.717) is 11.4 Å². The van der Waals surface area contributed by atoms with E-state index >= 15 is 0 Å². The summed E-state index contributed by atoms with van der Waals surface area (Å²) in [7, 11) is 1.98. The lowest BCUT2D eigenvalue weighted by Gasteiger charge is -2.20. The third kappa shape index (κ3) is 5.60. The molecule has 1 aliphatic rings. The second-order valence-electron chi connectivity index (χ2n) is 7.75. The first kappa shape index (κ1) is 23.4. The molecule has 3 amide bonds. The van der Waals surface area contributed by atoms with Gasteiger partial charge in [0, 0.05) is 40.6 Å². The van der Waals surface area contributed by atoms with E-state index < -0.39 is 23.8 Å². The van der Waals surface area contributed by atoms with Crippen LogP contribution >= 0.6 is 15.9 Å². The summed E-state index contributed by atoms with van der Waals surface area (Å²) in [4.78, 5) is 32.3. The summed E-state index contributed by atoms with van der Waals surface area (Å²) in [6, 6.07) is 18.2. The Hall–Kier alpha value is -3.72. The fraction of sp³-hybridized carbons (Fsp3) is 0.160. The number of hydrogen-bond donors (Lipinski definition) is 3. The lowest BCUT2D eigenvalue weighted by atomic mass is 10.1. The lowest BCUT2D eigenvalue weighted by Crippen LogP contribution is -2.39. The smallest absolute Gasteiger partial charge is 0.320 e. The maximum atomic E-state index is 14.5. The van der Waals surface area contributed by atoms with Gasteiger partial charge in [-0.1, -0.05) is 34.1 Å². The second kappa shape index (κ2) is 10.5. The van der Waals surface area contributed by atoms with Gasteiger partial charge in [0.05, 0.1) is 6.54 Å². The number of hydrogen-bond acceptors (Lipinski definition) is 4. The van der Waals surface area contributed by atoms with Crippen molar-refractivity contribution in [3.05, 3.63) is 94.2 Å². The molecule has 4 rings (SSSR count). The Morgan fingerprint density at radius 1 is 0.971 bits per heavy atom. The van der Waals surface area contributed by atoms with E-state index in [4.69, 9.17) is 0 Å². The number of nitrogens with zero attached hydrogens (tertiary/aromatic N) is 2. The average Bonchev–Trinajstić information content (AvgIpc) is 3.26. The van der Waals surface area contributed by atoms with Crippen molar-refractivity contribution < 1.29 is 14.0 Å². The number of carbonyl (C=O) groups excluding carboxylic acids is 2. The van der Waals surface area contributed by atoms with Crippen molar-refractivity contribution in [2.24, 2.45) is 4.99 Å². The van der Waals surface area contributed by atoms with Gasteiger partial charge in [-0.15, -0.1) is 0 Å². The van der Waals surface area contributed by atoms with Crippen LogP contribution in [-0.2, 0) is 4.79 Å². The van der Waals surface area contributed by atoms with Crippen molar-refractivity contribution in [2.75, 3.05) is 30.8 Å². The van der Waals surface area contributed by atoms with E-state index in [0.717, 1.165) is 29.0 Å². The molecule has 3 aromatic rings. The summed E-state index contributed by atoms with van der Waals surface area (Å²) < 4.78 is 15.4. The van der Waals surface area contributed by atoms with Crippen LogP contribution in [-0.4, -0.2) is 42.8 Å². The van der Waals surface area contributed by atoms with Gasteiger partial charge in [0.1, 0.15) is 17.7 Å². The molecule has 7 nitrogen and oxygen atoms in total. The summed E-state index contributed by atoms with van der Waals surface area (Å²) in [5, 5.41) is 8.00. The maximum Gasteiger partial charge on any atom is 0.320 e. The Balaban J connectivity index is 1.50. The number of halogens is 2. The van der Waals surface area contributed by atoms with Crippen molar-refractivity contribution in [3.63, 3.8) is 0 Å². The fourth-order valence-electron chi connectivity index (χ4n) is 3.59. The molecule has 0 radical (unpaired) electrons. The number of urea groups is 1. The van der Waals surface area contributed by atoms with Gasteiger partial charge in [0.25, 0.3) is 5.91 Å². The Labute approximate surface area is 205 Å². The third-order valence-electron chi connectivity index (χ3n) is 5.33. The van der Waals surface area contributed by atoms with Gasteiger partial charge in [0.2, 0.25) is 0 Å². The molecule has 0 aliphatic carbocycles. The first-order valence-corrected chi connectivity index (χ1v) is 11.4. The molecule has 0 fully saturated rings. The zero-order valence-electron chi connectivity index (χ0n) is 18.4. The van der Waals surface area contributed by atoms with Gasteiger partial charge >= 0.3 is 6.03 Å². The van der Waals surface area contributed by atoms with Crippen molar-refractivity contribution in [3.8, 4) is 0 Å². The van der Waals surface area contributed by atoms with Crippen LogP contribution < -0.4 is 16.0 Å². The number of amidine groups is 1. The minimum Gasteiger partial charge on any atom is -0.358 e. The highest BCUT2D eigenvalue weighted by Gasteiger charge is 2.26. The van der Waals surface area contributed by atoms with Gasteiger partial charge in [-0.05, 0) is 54.6 Å². The zero-order chi connectivity index (χ0) is 24.1. The standard InChI is InChI=1S/C25H23BrFN5O2/c1-32-15-14-28-23(32)16-6-10-18(11-7-16)29-24(33)22(20-4-2-3-5-21(20)27)31-25(34)30-19-12-8-17(26)9-13-19/h2-13,22H,14-15H2,1H3,(H,29,33)(H2,30,31,34). The Morgan fingerprint density at radius 3 is 2.26 bits per heavy atom. The lowest BCUT2D eigenvalue weighted by molar-refractivity contribution is -0.118. The number of aliphatic imine (C=N–C) groups is 1. The van der Waals surface area contributed by atoms with Crippen LogP contribution in [0.3, 0.4) is 0 Å². The van der Waals surface area contributed by atoms with Gasteiger partial charge in [-0.3, -0.25) is 9.79 Å². The zero-order valence-corrected chi connectivity index (χ0v) is 20.0. The minimum atomic E-state index is -1.25. The molecule has 0 spiro atoms. The maximum absolute atomic E-state index is 14.5. The molecule has 174 valence electrons. The topological polar surface area (TPSA) is 85.8 Å². The summed E-state index contributed by atoms with van der Waals surface area (Å²) in [6.45, 7) is 1.62. The van der Waals surface area contributed by atoms with Crippen molar-refractivity contribution in [2.45, 2.75) is 6.04 Å². The van der Waals surface area contributed by atoms with Crippen molar-refractivity contribution >= 4 is 45.1 Å². The van der Waals surface area contributed by atoms with E-state index in [1.807, 2.05) is 19.2 Å². The van der Waals surface area contributed by atoms with Gasteiger partial charge < -0.3 is 20.9 Å². The van der Waals surface area contributed by atoms with Crippen LogP contribution in [0.4, 0.5) is 20.6 Å². The van der Waals surface area contributed by atoms with Crippen LogP contribution in [0.15, 0.2) is 82.3 Å². The monoisotopic (exact) mass is 523 g/mol. The van der Waals surface area contributed by atoms with E-state index in [1.165, 1.54) is 18.2 Å². The fourth-order valence-corrected chi connectivity index (χ4v) is 3.85. The molecule has 0 saturated carbocycles. The SMILES string of the molecule is CN1CCN=C1c1ccc(NC(=O)C(NC(=O)Nc2ccc(Br)cc2)c2ccccc2F)cc1. The summed E-state index contributed by atoms with van der Waals surface area (Å²) >= 11 is 3.34. The number of benzene rings is 3. The summed E-state index contributed by atoms with van der Waals surface area (Å²) in [5.74, 6) is -0.267. The molecule has 3 N–H and O–H groups in total. The predicted octanol–water partition coefficient (Wildman–Crippen LogP) is 4.78. The number of amides is 3. The average molecular weight is 524 g/mol. The van der Waals surface area contributed by atoms with E-state index in [2.05, 4.69) is 41.8 Å². The molecule has 1 atom stereocenters. The number of likely N-dealkylation sites (N-methyl/N-ethyl adjacent to an activating group) is 1. The minimum absolute atomic E-state index is 0.0597. The summed E-state index contributed by atoms with van der Waals surface area (Å²) in [6.07, 6.45) is 0. The molecule has 0 saturated heterocycles. The number of nitrogens with one attached hydrogen (secondary N) is 3. The summed E-state index contributed by atoms with van der Waals surface area (Å²) in [5.41, 5.74) is 2.05. The Morgan fingerprint density at radius 2 is 1.62 bits per heavy atom. The molecule has 0 bridgehead atoms. The van der Waals surface area contributed by atoms with Crippen LogP contribution in [0.2, 0.25) is 0 Å². The molecular weight excluding hydrogens is 501 g/mol. The number of rotatable bonds is 6. The van der Waals surface area contributed by atoms with Crippen LogP contribution in [0.25, 0.3) is 0 Å². The molecule has 1 aliphatic heterocycles. The third-order valence-corrected chi connectivity index (χ3v) is 5.85. The number of carbonyl (C=O) groups is 2. The van der Waals surface area contributed by atoms with Crippen LogP contribution in [0, 0.1) is 5.82 Å². The molecule has 1 heterocycles. The van der Waals surface area contributed by atoms with Crippen LogP contribution in [0.5, 0.6) is 0 Å². The normalized spacial score (nSPS) is 13.7. The molecule has 3 aromatic carbocycles. The first-order chi connectivity index (χ1) is 16.4. The van der Waals surface area contributed by atoms with Gasteiger partial charge in [-0.2, -0.15) is 0 Å². The Kier molecular flexibility index (Phi) is 7.22. The highest BCUT2D eigenvalue weighted by atomic mass is 79.9. The molecular formula is C25H23BrFN5O2.